The molecule has 1 rings (SSSR count). The minimum absolute atomic E-state index is 0.214. The van der Waals surface area contributed by atoms with Gasteiger partial charge in [0.05, 0.1) is 10.6 Å². The summed E-state index contributed by atoms with van der Waals surface area (Å²) >= 11 is 0. The molecule has 7 heteroatoms. The molecule has 0 aromatic heterocycles. The van der Waals surface area contributed by atoms with E-state index in [2.05, 4.69) is 10.6 Å². The normalized spacial score (nSPS) is 13.5. The first-order chi connectivity index (χ1) is 8.89. The van der Waals surface area contributed by atoms with Gasteiger partial charge in [-0.2, -0.15) is 8.78 Å². The predicted octanol–water partition coefficient (Wildman–Crippen LogP) is 1.95. The summed E-state index contributed by atoms with van der Waals surface area (Å²) in [6, 6.07) is 5.71. The van der Waals surface area contributed by atoms with E-state index < -0.39 is 15.6 Å². The lowest BCUT2D eigenvalue weighted by molar-refractivity contribution is 0.235. The van der Waals surface area contributed by atoms with Crippen molar-refractivity contribution in [3.63, 3.8) is 0 Å². The van der Waals surface area contributed by atoms with Crippen LogP contribution in [0.3, 0.4) is 0 Å². The van der Waals surface area contributed by atoms with Gasteiger partial charge in [-0.25, -0.2) is 8.42 Å². The van der Waals surface area contributed by atoms with Gasteiger partial charge in [-0.1, -0.05) is 19.1 Å². The number of nitrogens with one attached hydrogen (secondary N) is 2. The van der Waals surface area contributed by atoms with Crippen molar-refractivity contribution in [2.24, 2.45) is 5.92 Å². The molecular formula is C12H18F2N2O2S. The summed E-state index contributed by atoms with van der Waals surface area (Å²) in [5, 5.41) is 5.89. The number of benzene rings is 1. The van der Waals surface area contributed by atoms with Crippen molar-refractivity contribution in [3.05, 3.63) is 24.3 Å². The van der Waals surface area contributed by atoms with E-state index in [4.69, 9.17) is 0 Å². The third-order valence-electron chi connectivity index (χ3n) is 2.62. The highest BCUT2D eigenvalue weighted by atomic mass is 32.2. The quantitative estimate of drug-likeness (QED) is 0.806. The molecular weight excluding hydrogens is 274 g/mol. The van der Waals surface area contributed by atoms with Gasteiger partial charge in [0.15, 0.2) is 0 Å². The summed E-state index contributed by atoms with van der Waals surface area (Å²) in [7, 11) is -2.77. The minimum atomic E-state index is -4.58. The number of hydrogen-bond acceptors (Lipinski definition) is 4. The third kappa shape index (κ3) is 4.14. The molecule has 19 heavy (non-hydrogen) atoms. The summed E-state index contributed by atoms with van der Waals surface area (Å²) in [4.78, 5) is -0.360. The Bertz CT molecular complexity index is 506. The maximum absolute atomic E-state index is 12.6. The Hall–Kier alpha value is -1.21. The zero-order valence-electron chi connectivity index (χ0n) is 10.9. The summed E-state index contributed by atoms with van der Waals surface area (Å²) in [6.45, 7) is 3.21. The zero-order valence-corrected chi connectivity index (χ0v) is 11.7. The molecule has 0 amide bonds. The molecule has 0 radical (unpaired) electrons. The Morgan fingerprint density at radius 2 is 1.84 bits per heavy atom. The van der Waals surface area contributed by atoms with Crippen molar-refractivity contribution >= 4 is 15.5 Å². The van der Waals surface area contributed by atoms with Gasteiger partial charge in [-0.05, 0) is 31.6 Å². The van der Waals surface area contributed by atoms with E-state index in [1.54, 1.807) is 6.07 Å². The van der Waals surface area contributed by atoms with Crippen LogP contribution in [0.1, 0.15) is 6.92 Å². The molecule has 0 bridgehead atoms. The summed E-state index contributed by atoms with van der Waals surface area (Å²) in [6.07, 6.45) is 0. The average molecular weight is 292 g/mol. The standard InChI is InChI=1S/C12H18F2N2O2S/c1-9(7-15-2)8-16-10-5-3-4-6-11(10)19(17,18)12(13)14/h3-6,9,12,15-16H,7-8H2,1-2H3. The van der Waals surface area contributed by atoms with E-state index in [0.717, 1.165) is 6.54 Å². The maximum Gasteiger partial charge on any atom is 0.341 e. The second-order valence-electron chi connectivity index (χ2n) is 4.35. The fraction of sp³-hybridized carbons (Fsp3) is 0.500. The third-order valence-corrected chi connectivity index (χ3v) is 4.06. The van der Waals surface area contributed by atoms with Crippen LogP contribution in [0.4, 0.5) is 14.5 Å². The Morgan fingerprint density at radius 3 is 2.42 bits per heavy atom. The summed E-state index contributed by atoms with van der Waals surface area (Å²) < 4.78 is 48.2. The molecule has 1 aromatic carbocycles. The van der Waals surface area contributed by atoms with Gasteiger partial charge in [-0.3, -0.25) is 0 Å². The van der Waals surface area contributed by atoms with E-state index >= 15 is 0 Å². The van der Waals surface area contributed by atoms with Gasteiger partial charge < -0.3 is 10.6 Å². The van der Waals surface area contributed by atoms with Crippen LogP contribution in [0.2, 0.25) is 0 Å². The Labute approximate surface area is 112 Å². The Kier molecular flexibility index (Phi) is 5.68. The molecule has 0 saturated heterocycles. The molecule has 0 heterocycles. The summed E-state index contributed by atoms with van der Waals surface area (Å²) in [5.41, 5.74) is 0.214. The van der Waals surface area contributed by atoms with E-state index in [1.165, 1.54) is 18.2 Å². The lowest BCUT2D eigenvalue weighted by Crippen LogP contribution is -2.23. The van der Waals surface area contributed by atoms with Crippen molar-refractivity contribution in [2.75, 3.05) is 25.5 Å². The first-order valence-corrected chi connectivity index (χ1v) is 7.43. The number of alkyl halides is 2. The highest BCUT2D eigenvalue weighted by Gasteiger charge is 2.28. The lowest BCUT2D eigenvalue weighted by Gasteiger charge is -2.15. The molecule has 4 nitrogen and oxygen atoms in total. The van der Waals surface area contributed by atoms with Crippen molar-refractivity contribution < 1.29 is 17.2 Å². The number of halogens is 2. The monoisotopic (exact) mass is 292 g/mol. The molecule has 0 aliphatic heterocycles. The molecule has 0 fully saturated rings. The second kappa shape index (κ2) is 6.81. The van der Waals surface area contributed by atoms with Crippen LogP contribution in [0.5, 0.6) is 0 Å². The van der Waals surface area contributed by atoms with Crippen molar-refractivity contribution in [3.8, 4) is 0 Å². The van der Waals surface area contributed by atoms with Gasteiger partial charge in [0.1, 0.15) is 0 Å². The highest BCUT2D eigenvalue weighted by molar-refractivity contribution is 7.91. The van der Waals surface area contributed by atoms with Gasteiger partial charge in [-0.15, -0.1) is 0 Å². The fourth-order valence-electron chi connectivity index (χ4n) is 1.66. The molecule has 0 saturated carbocycles. The number of rotatable bonds is 7. The molecule has 2 N–H and O–H groups in total. The number of para-hydroxylation sites is 1. The van der Waals surface area contributed by atoms with Crippen molar-refractivity contribution in [1.82, 2.24) is 5.32 Å². The van der Waals surface area contributed by atoms with Crippen molar-refractivity contribution in [1.29, 1.82) is 0 Å². The van der Waals surface area contributed by atoms with Gasteiger partial charge >= 0.3 is 5.76 Å². The van der Waals surface area contributed by atoms with Crippen LogP contribution >= 0.6 is 0 Å². The number of sulfone groups is 1. The molecule has 1 aromatic rings. The van der Waals surface area contributed by atoms with Crippen LogP contribution in [0.25, 0.3) is 0 Å². The Balaban J connectivity index is 2.91. The SMILES string of the molecule is CNCC(C)CNc1ccccc1S(=O)(=O)C(F)F. The zero-order chi connectivity index (χ0) is 14.5. The number of hydrogen-bond donors (Lipinski definition) is 2. The van der Waals surface area contributed by atoms with Crippen LogP contribution in [0, 0.1) is 5.92 Å². The smallest absolute Gasteiger partial charge is 0.341 e. The lowest BCUT2D eigenvalue weighted by atomic mass is 10.2. The van der Waals surface area contributed by atoms with Gasteiger partial charge in [0.2, 0.25) is 9.84 Å². The van der Waals surface area contributed by atoms with Gasteiger partial charge in [0, 0.05) is 6.54 Å². The predicted molar refractivity (Wildman–Crippen MR) is 71.2 cm³/mol. The topological polar surface area (TPSA) is 58.2 Å². The number of anilines is 1. The first-order valence-electron chi connectivity index (χ1n) is 5.89. The highest BCUT2D eigenvalue weighted by Crippen LogP contribution is 2.26. The molecule has 0 aliphatic carbocycles. The molecule has 0 aliphatic rings. The largest absolute Gasteiger partial charge is 0.384 e. The van der Waals surface area contributed by atoms with E-state index in [9.17, 15) is 17.2 Å². The van der Waals surface area contributed by atoms with E-state index in [1.807, 2.05) is 14.0 Å². The Morgan fingerprint density at radius 1 is 1.21 bits per heavy atom. The summed E-state index contributed by atoms with van der Waals surface area (Å²) in [5.74, 6) is -3.17. The van der Waals surface area contributed by atoms with Crippen LogP contribution in [0.15, 0.2) is 29.2 Å². The van der Waals surface area contributed by atoms with Gasteiger partial charge in [0.25, 0.3) is 0 Å². The van der Waals surface area contributed by atoms with E-state index in [0.29, 0.717) is 6.54 Å². The van der Waals surface area contributed by atoms with E-state index in [-0.39, 0.29) is 16.5 Å². The minimum Gasteiger partial charge on any atom is -0.384 e. The molecule has 1 unspecified atom stereocenters. The maximum atomic E-state index is 12.6. The molecule has 1 atom stereocenters. The fourth-order valence-corrected chi connectivity index (χ4v) is 2.57. The van der Waals surface area contributed by atoms with Crippen LogP contribution in [-0.4, -0.2) is 34.3 Å². The average Bonchev–Trinajstić information content (AvgIpc) is 2.37. The first kappa shape index (κ1) is 15.8. The van der Waals surface area contributed by atoms with Crippen molar-refractivity contribution in [2.45, 2.75) is 17.6 Å². The van der Waals surface area contributed by atoms with Crippen LogP contribution in [-0.2, 0) is 9.84 Å². The molecule has 0 spiro atoms. The second-order valence-corrected chi connectivity index (χ2v) is 6.23. The molecule has 108 valence electrons. The van der Waals surface area contributed by atoms with Crippen LogP contribution < -0.4 is 10.6 Å².